The molecule has 0 radical (unpaired) electrons. The van der Waals surface area contributed by atoms with Crippen molar-refractivity contribution in [1.29, 1.82) is 0 Å². The Labute approximate surface area is 126 Å². The monoisotopic (exact) mass is 290 g/mol. The van der Waals surface area contributed by atoms with E-state index in [0.29, 0.717) is 12.0 Å². The van der Waals surface area contributed by atoms with Crippen molar-refractivity contribution in [3.05, 3.63) is 23.9 Å². The van der Waals surface area contributed by atoms with Gasteiger partial charge in [-0.3, -0.25) is 0 Å². The molecular weight excluding hydrogens is 264 g/mol. The molecule has 2 rings (SSSR count). The van der Waals surface area contributed by atoms with E-state index in [0.717, 1.165) is 24.3 Å². The molecule has 0 amide bonds. The summed E-state index contributed by atoms with van der Waals surface area (Å²) in [5.41, 5.74) is 6.41. The number of hydrogen-bond donors (Lipinski definition) is 2. The zero-order chi connectivity index (χ0) is 15.2. The Morgan fingerprint density at radius 1 is 1.48 bits per heavy atom. The van der Waals surface area contributed by atoms with Gasteiger partial charge in [-0.1, -0.05) is 31.8 Å². The molecule has 0 saturated heterocycles. The third kappa shape index (κ3) is 4.09. The largest absolute Gasteiger partial charge is 0.409 e. The van der Waals surface area contributed by atoms with Gasteiger partial charge in [-0.05, 0) is 37.3 Å². The Morgan fingerprint density at radius 3 is 2.81 bits per heavy atom. The Kier molecular flexibility index (Phi) is 5.42. The van der Waals surface area contributed by atoms with Crippen LogP contribution in [0.4, 0.5) is 5.82 Å². The van der Waals surface area contributed by atoms with Crippen molar-refractivity contribution in [3.63, 3.8) is 0 Å². The van der Waals surface area contributed by atoms with Crippen molar-refractivity contribution in [2.45, 2.75) is 52.0 Å². The maximum atomic E-state index is 8.83. The van der Waals surface area contributed by atoms with Crippen LogP contribution in [-0.4, -0.2) is 28.6 Å². The van der Waals surface area contributed by atoms with Crippen LogP contribution in [0.1, 0.15) is 51.5 Å². The number of amidine groups is 1. The van der Waals surface area contributed by atoms with Crippen LogP contribution < -0.4 is 10.6 Å². The van der Waals surface area contributed by atoms with Crippen LogP contribution in [0.2, 0.25) is 0 Å². The second kappa shape index (κ2) is 7.29. The van der Waals surface area contributed by atoms with Gasteiger partial charge in [0.15, 0.2) is 5.84 Å². The molecule has 1 aliphatic rings. The Bertz CT molecular complexity index is 481. The molecule has 1 aromatic rings. The highest BCUT2D eigenvalue weighted by Gasteiger charge is 2.24. The average molecular weight is 290 g/mol. The molecule has 0 bridgehead atoms. The summed E-state index contributed by atoms with van der Waals surface area (Å²) < 4.78 is 0. The molecule has 0 aliphatic heterocycles. The molecule has 0 aromatic carbocycles. The van der Waals surface area contributed by atoms with E-state index in [-0.39, 0.29) is 5.84 Å². The Hall–Kier alpha value is -1.78. The van der Waals surface area contributed by atoms with Crippen molar-refractivity contribution < 1.29 is 5.21 Å². The van der Waals surface area contributed by atoms with Gasteiger partial charge in [0.05, 0.1) is 0 Å². The second-order valence-electron chi connectivity index (χ2n) is 6.20. The van der Waals surface area contributed by atoms with E-state index in [9.17, 15) is 0 Å². The number of rotatable bonds is 6. The van der Waals surface area contributed by atoms with Gasteiger partial charge >= 0.3 is 0 Å². The van der Waals surface area contributed by atoms with E-state index in [1.165, 1.54) is 25.7 Å². The highest BCUT2D eigenvalue weighted by molar-refractivity contribution is 5.97. The average Bonchev–Trinajstić information content (AvgIpc) is 3.01. The van der Waals surface area contributed by atoms with Crippen molar-refractivity contribution in [2.24, 2.45) is 16.8 Å². The molecule has 0 atom stereocenters. The lowest BCUT2D eigenvalue weighted by Gasteiger charge is -2.31. The minimum absolute atomic E-state index is 0.133. The minimum Gasteiger partial charge on any atom is -0.409 e. The van der Waals surface area contributed by atoms with E-state index in [4.69, 9.17) is 10.9 Å². The first-order valence-corrected chi connectivity index (χ1v) is 7.82. The van der Waals surface area contributed by atoms with E-state index in [1.807, 2.05) is 6.07 Å². The summed E-state index contributed by atoms with van der Waals surface area (Å²) in [6.07, 6.45) is 7.93. The maximum Gasteiger partial charge on any atom is 0.170 e. The normalized spacial score (nSPS) is 16.6. The topological polar surface area (TPSA) is 74.7 Å². The van der Waals surface area contributed by atoms with Gasteiger partial charge in [0.1, 0.15) is 5.82 Å². The van der Waals surface area contributed by atoms with Gasteiger partial charge in [-0.15, -0.1) is 0 Å². The molecule has 1 aromatic heterocycles. The van der Waals surface area contributed by atoms with E-state index >= 15 is 0 Å². The number of aromatic nitrogens is 1. The van der Waals surface area contributed by atoms with Gasteiger partial charge in [0.2, 0.25) is 0 Å². The van der Waals surface area contributed by atoms with Crippen molar-refractivity contribution >= 4 is 11.7 Å². The molecule has 5 heteroatoms. The van der Waals surface area contributed by atoms with Gasteiger partial charge in [-0.25, -0.2) is 4.98 Å². The van der Waals surface area contributed by atoms with Crippen LogP contribution in [0.15, 0.2) is 23.5 Å². The lowest BCUT2D eigenvalue weighted by Crippen LogP contribution is -2.35. The van der Waals surface area contributed by atoms with Crippen LogP contribution in [0.5, 0.6) is 0 Å². The summed E-state index contributed by atoms with van der Waals surface area (Å²) in [6.45, 7) is 5.50. The molecule has 0 spiro atoms. The number of anilines is 1. The second-order valence-corrected chi connectivity index (χ2v) is 6.20. The SMILES string of the molecule is CC(C)CCN(c1cc(/C(N)=N/O)ccn1)C1CCCC1. The predicted molar refractivity (Wildman–Crippen MR) is 85.8 cm³/mol. The molecule has 3 N–H and O–H groups in total. The molecule has 1 heterocycles. The van der Waals surface area contributed by atoms with Crippen LogP contribution in [0.25, 0.3) is 0 Å². The molecular formula is C16H26N4O. The Balaban J connectivity index is 2.22. The summed E-state index contributed by atoms with van der Waals surface area (Å²) >= 11 is 0. The number of nitrogens with two attached hydrogens (primary N) is 1. The van der Waals surface area contributed by atoms with E-state index in [1.54, 1.807) is 12.3 Å². The first-order valence-electron chi connectivity index (χ1n) is 7.82. The van der Waals surface area contributed by atoms with Crippen LogP contribution in [-0.2, 0) is 0 Å². The first kappa shape index (κ1) is 15.6. The molecule has 21 heavy (non-hydrogen) atoms. The first-order chi connectivity index (χ1) is 10.1. The molecule has 1 fully saturated rings. The number of oxime groups is 1. The van der Waals surface area contributed by atoms with Crippen LogP contribution >= 0.6 is 0 Å². The summed E-state index contributed by atoms with van der Waals surface area (Å²) in [5, 5.41) is 11.9. The summed E-state index contributed by atoms with van der Waals surface area (Å²) in [4.78, 5) is 6.92. The van der Waals surface area contributed by atoms with Crippen molar-refractivity contribution in [3.8, 4) is 0 Å². The lowest BCUT2D eigenvalue weighted by molar-refractivity contribution is 0.318. The van der Waals surface area contributed by atoms with Crippen molar-refractivity contribution in [2.75, 3.05) is 11.4 Å². The number of pyridine rings is 1. The zero-order valence-corrected chi connectivity index (χ0v) is 13.0. The van der Waals surface area contributed by atoms with Gasteiger partial charge in [0, 0.05) is 24.3 Å². The third-order valence-electron chi connectivity index (χ3n) is 4.16. The van der Waals surface area contributed by atoms with E-state index < -0.39 is 0 Å². The summed E-state index contributed by atoms with van der Waals surface area (Å²) in [5.74, 6) is 1.74. The molecule has 116 valence electrons. The van der Waals surface area contributed by atoms with Gasteiger partial charge in [-0.2, -0.15) is 0 Å². The fourth-order valence-electron chi connectivity index (χ4n) is 2.89. The summed E-state index contributed by atoms with van der Waals surface area (Å²) in [6, 6.07) is 4.26. The van der Waals surface area contributed by atoms with Crippen molar-refractivity contribution in [1.82, 2.24) is 4.98 Å². The molecule has 1 saturated carbocycles. The Morgan fingerprint density at radius 2 is 2.19 bits per heavy atom. The van der Waals surface area contributed by atoms with Gasteiger partial charge in [0.25, 0.3) is 0 Å². The highest BCUT2D eigenvalue weighted by Crippen LogP contribution is 2.28. The third-order valence-corrected chi connectivity index (χ3v) is 4.16. The standard InChI is InChI=1S/C16H26N4O/c1-12(2)8-10-20(14-5-3-4-6-14)15-11-13(7-9-18-15)16(17)19-21/h7,9,11-12,14,21H,3-6,8,10H2,1-2H3,(H2,17,19). The molecule has 5 nitrogen and oxygen atoms in total. The predicted octanol–water partition coefficient (Wildman–Crippen LogP) is 2.97. The van der Waals surface area contributed by atoms with E-state index in [2.05, 4.69) is 28.9 Å². The smallest absolute Gasteiger partial charge is 0.170 e. The zero-order valence-electron chi connectivity index (χ0n) is 13.0. The quantitative estimate of drug-likeness (QED) is 0.365. The van der Waals surface area contributed by atoms with Gasteiger partial charge < -0.3 is 15.8 Å². The minimum atomic E-state index is 0.133. The molecule has 0 unspecified atom stereocenters. The number of hydrogen-bond acceptors (Lipinski definition) is 4. The van der Waals surface area contributed by atoms with Crippen LogP contribution in [0, 0.1) is 5.92 Å². The molecule has 1 aliphatic carbocycles. The lowest BCUT2D eigenvalue weighted by atomic mass is 10.1. The fraction of sp³-hybridized carbons (Fsp3) is 0.625. The number of nitrogens with zero attached hydrogens (tertiary/aromatic N) is 3. The maximum absolute atomic E-state index is 8.83. The van der Waals surface area contributed by atoms with Crippen LogP contribution in [0.3, 0.4) is 0 Å². The highest BCUT2D eigenvalue weighted by atomic mass is 16.4. The fourth-order valence-corrected chi connectivity index (χ4v) is 2.89. The summed E-state index contributed by atoms with van der Waals surface area (Å²) in [7, 11) is 0.